The lowest BCUT2D eigenvalue weighted by atomic mass is 9.93. The van der Waals surface area contributed by atoms with Crippen molar-refractivity contribution in [2.24, 2.45) is 16.8 Å². The van der Waals surface area contributed by atoms with Crippen molar-refractivity contribution in [1.29, 1.82) is 0 Å². The number of hydrogen-bond acceptors (Lipinski definition) is 3. The SMILES string of the molecule is CCNC(=NCC1CC(=O)N(CCc2ccccc2)C1)NCCC1CCN(CC)CC1. The number of likely N-dealkylation sites (tertiary alicyclic amines) is 2. The van der Waals surface area contributed by atoms with Crippen LogP contribution in [0.5, 0.6) is 0 Å². The van der Waals surface area contributed by atoms with E-state index in [1.807, 2.05) is 11.0 Å². The molecular formula is C25H41N5O. The highest BCUT2D eigenvalue weighted by molar-refractivity contribution is 5.80. The lowest BCUT2D eigenvalue weighted by Crippen LogP contribution is -2.39. The normalized spacial score (nSPS) is 21.0. The number of amides is 1. The van der Waals surface area contributed by atoms with Gasteiger partial charge in [0.15, 0.2) is 5.96 Å². The smallest absolute Gasteiger partial charge is 0.223 e. The first-order valence-corrected chi connectivity index (χ1v) is 12.2. The van der Waals surface area contributed by atoms with E-state index in [0.29, 0.717) is 18.9 Å². The number of carbonyl (C=O) groups excluding carboxylic acids is 1. The molecule has 0 aromatic heterocycles. The molecular weight excluding hydrogens is 386 g/mol. The first-order valence-electron chi connectivity index (χ1n) is 12.2. The molecule has 1 aromatic rings. The molecule has 31 heavy (non-hydrogen) atoms. The summed E-state index contributed by atoms with van der Waals surface area (Å²) in [7, 11) is 0. The van der Waals surface area contributed by atoms with Crippen LogP contribution >= 0.6 is 0 Å². The van der Waals surface area contributed by atoms with Crippen molar-refractivity contribution in [2.45, 2.75) is 46.0 Å². The standard InChI is InChI=1S/C25H41N5O/c1-3-26-25(27-14-10-22-11-15-29(4-2)16-12-22)28-19-23-18-24(31)30(20-23)17-13-21-8-6-5-7-9-21/h5-9,22-23H,3-4,10-20H2,1-2H3,(H2,26,27,28). The largest absolute Gasteiger partial charge is 0.357 e. The molecule has 0 spiro atoms. The van der Waals surface area contributed by atoms with Crippen LogP contribution in [-0.4, -0.2) is 74.0 Å². The quantitative estimate of drug-likeness (QED) is 0.445. The zero-order valence-corrected chi connectivity index (χ0v) is 19.5. The first kappa shape index (κ1) is 23.6. The summed E-state index contributed by atoms with van der Waals surface area (Å²) in [5.74, 6) is 2.30. The second-order valence-corrected chi connectivity index (χ2v) is 8.96. The van der Waals surface area contributed by atoms with Crippen molar-refractivity contribution in [2.75, 3.05) is 52.4 Å². The highest BCUT2D eigenvalue weighted by Crippen LogP contribution is 2.20. The number of nitrogens with zero attached hydrogens (tertiary/aromatic N) is 3. The molecule has 1 amide bonds. The van der Waals surface area contributed by atoms with Gasteiger partial charge in [0.2, 0.25) is 5.91 Å². The Labute approximate surface area is 188 Å². The lowest BCUT2D eigenvalue weighted by Gasteiger charge is -2.31. The van der Waals surface area contributed by atoms with Crippen LogP contribution in [0.25, 0.3) is 0 Å². The molecule has 6 nitrogen and oxygen atoms in total. The maximum atomic E-state index is 12.4. The van der Waals surface area contributed by atoms with Gasteiger partial charge in [-0.15, -0.1) is 0 Å². The van der Waals surface area contributed by atoms with E-state index in [2.05, 4.69) is 53.6 Å². The highest BCUT2D eigenvalue weighted by atomic mass is 16.2. The highest BCUT2D eigenvalue weighted by Gasteiger charge is 2.29. The van der Waals surface area contributed by atoms with Crippen molar-refractivity contribution in [3.05, 3.63) is 35.9 Å². The average molecular weight is 428 g/mol. The number of aliphatic imine (C=N–C) groups is 1. The number of hydrogen-bond donors (Lipinski definition) is 2. The van der Waals surface area contributed by atoms with Gasteiger partial charge in [0.05, 0.1) is 0 Å². The van der Waals surface area contributed by atoms with Gasteiger partial charge in [0, 0.05) is 45.1 Å². The number of guanidine groups is 1. The molecule has 1 atom stereocenters. The van der Waals surface area contributed by atoms with Gasteiger partial charge in [-0.1, -0.05) is 37.3 Å². The number of nitrogens with one attached hydrogen (secondary N) is 2. The summed E-state index contributed by atoms with van der Waals surface area (Å²) in [4.78, 5) is 21.8. The van der Waals surface area contributed by atoms with Gasteiger partial charge in [-0.3, -0.25) is 9.79 Å². The third-order valence-corrected chi connectivity index (χ3v) is 6.66. The van der Waals surface area contributed by atoms with Gasteiger partial charge in [0.1, 0.15) is 0 Å². The van der Waals surface area contributed by atoms with Gasteiger partial charge >= 0.3 is 0 Å². The maximum absolute atomic E-state index is 12.4. The van der Waals surface area contributed by atoms with Crippen LogP contribution in [0.1, 0.15) is 45.1 Å². The van der Waals surface area contributed by atoms with Crippen molar-refractivity contribution in [3.8, 4) is 0 Å². The Morgan fingerprint density at radius 2 is 1.87 bits per heavy atom. The number of benzene rings is 1. The van der Waals surface area contributed by atoms with Gasteiger partial charge in [-0.25, -0.2) is 0 Å². The number of piperidine rings is 1. The fourth-order valence-electron chi connectivity index (χ4n) is 4.65. The maximum Gasteiger partial charge on any atom is 0.223 e. The van der Waals surface area contributed by atoms with E-state index in [0.717, 1.165) is 44.5 Å². The Morgan fingerprint density at radius 3 is 2.58 bits per heavy atom. The lowest BCUT2D eigenvalue weighted by molar-refractivity contribution is -0.127. The summed E-state index contributed by atoms with van der Waals surface area (Å²) in [6, 6.07) is 10.4. The molecule has 0 aliphatic carbocycles. The van der Waals surface area contributed by atoms with Crippen LogP contribution in [0.2, 0.25) is 0 Å². The van der Waals surface area contributed by atoms with Crippen molar-refractivity contribution < 1.29 is 4.79 Å². The summed E-state index contributed by atoms with van der Waals surface area (Å²) in [6.45, 7) is 12.2. The summed E-state index contributed by atoms with van der Waals surface area (Å²) < 4.78 is 0. The van der Waals surface area contributed by atoms with E-state index in [4.69, 9.17) is 4.99 Å². The van der Waals surface area contributed by atoms with E-state index in [9.17, 15) is 4.79 Å². The van der Waals surface area contributed by atoms with Gasteiger partial charge < -0.3 is 20.4 Å². The Morgan fingerprint density at radius 1 is 1.10 bits per heavy atom. The van der Waals surface area contributed by atoms with Gasteiger partial charge in [-0.05, 0) is 63.7 Å². The summed E-state index contributed by atoms with van der Waals surface area (Å²) >= 11 is 0. The molecule has 3 rings (SSSR count). The van der Waals surface area contributed by atoms with E-state index in [1.54, 1.807) is 0 Å². The summed E-state index contributed by atoms with van der Waals surface area (Å²) in [5.41, 5.74) is 1.29. The number of carbonyl (C=O) groups is 1. The van der Waals surface area contributed by atoms with E-state index >= 15 is 0 Å². The Kier molecular flexibility index (Phi) is 9.66. The first-order chi connectivity index (χ1) is 15.2. The Bertz CT molecular complexity index is 684. The molecule has 1 aromatic carbocycles. The van der Waals surface area contributed by atoms with Crippen molar-refractivity contribution >= 4 is 11.9 Å². The van der Waals surface area contributed by atoms with Gasteiger partial charge in [0.25, 0.3) is 0 Å². The molecule has 2 heterocycles. The van der Waals surface area contributed by atoms with Crippen LogP contribution in [-0.2, 0) is 11.2 Å². The van der Waals surface area contributed by atoms with Crippen molar-refractivity contribution in [1.82, 2.24) is 20.4 Å². The molecule has 1 unspecified atom stereocenters. The molecule has 0 radical (unpaired) electrons. The van der Waals surface area contributed by atoms with Crippen LogP contribution in [0, 0.1) is 11.8 Å². The number of rotatable bonds is 10. The third kappa shape index (κ3) is 7.84. The second kappa shape index (κ2) is 12.7. The molecule has 2 aliphatic rings. The molecule has 6 heteroatoms. The van der Waals surface area contributed by atoms with Crippen molar-refractivity contribution in [3.63, 3.8) is 0 Å². The Hall–Kier alpha value is -2.08. The second-order valence-electron chi connectivity index (χ2n) is 8.96. The average Bonchev–Trinajstić information content (AvgIpc) is 3.16. The van der Waals surface area contributed by atoms with E-state index in [1.165, 1.54) is 44.5 Å². The fourth-order valence-corrected chi connectivity index (χ4v) is 4.65. The fraction of sp³-hybridized carbons (Fsp3) is 0.680. The zero-order chi connectivity index (χ0) is 21.9. The third-order valence-electron chi connectivity index (χ3n) is 6.66. The predicted octanol–water partition coefficient (Wildman–Crippen LogP) is 2.75. The van der Waals surface area contributed by atoms with E-state index in [-0.39, 0.29) is 5.91 Å². The minimum Gasteiger partial charge on any atom is -0.357 e. The molecule has 2 N–H and O–H groups in total. The van der Waals surface area contributed by atoms with Crippen LogP contribution in [0.4, 0.5) is 0 Å². The van der Waals surface area contributed by atoms with Crippen LogP contribution in [0.3, 0.4) is 0 Å². The zero-order valence-electron chi connectivity index (χ0n) is 19.5. The van der Waals surface area contributed by atoms with E-state index < -0.39 is 0 Å². The van der Waals surface area contributed by atoms with Gasteiger partial charge in [-0.2, -0.15) is 0 Å². The summed E-state index contributed by atoms with van der Waals surface area (Å²) in [5, 5.41) is 6.87. The molecule has 0 bridgehead atoms. The van der Waals surface area contributed by atoms with Crippen LogP contribution < -0.4 is 10.6 Å². The van der Waals surface area contributed by atoms with Crippen LogP contribution in [0.15, 0.2) is 35.3 Å². The minimum atomic E-state index is 0.271. The summed E-state index contributed by atoms with van der Waals surface area (Å²) in [6.07, 6.45) is 5.37. The topological polar surface area (TPSA) is 60.0 Å². The minimum absolute atomic E-state index is 0.271. The molecule has 2 fully saturated rings. The molecule has 2 aliphatic heterocycles. The Balaban J connectivity index is 1.38. The molecule has 0 saturated carbocycles. The molecule has 2 saturated heterocycles. The monoisotopic (exact) mass is 427 g/mol. The molecule has 172 valence electrons. The predicted molar refractivity (Wildman–Crippen MR) is 128 cm³/mol.